The number of aromatic hydroxyl groups is 1. The van der Waals surface area contributed by atoms with E-state index in [1.54, 1.807) is 18.3 Å². The van der Waals surface area contributed by atoms with Gasteiger partial charge in [-0.05, 0) is 25.0 Å². The largest absolute Gasteiger partial charge is 0.505 e. The van der Waals surface area contributed by atoms with Gasteiger partial charge in [-0.15, -0.1) is 0 Å². The minimum atomic E-state index is 0.0614. The smallest absolute Gasteiger partial charge is 0.280 e. The predicted molar refractivity (Wildman–Crippen MR) is 55.8 cm³/mol. The summed E-state index contributed by atoms with van der Waals surface area (Å²) in [5.41, 5.74) is 0.348. The fourth-order valence-electron chi connectivity index (χ4n) is 1.72. The van der Waals surface area contributed by atoms with Crippen LogP contribution in [0.3, 0.4) is 0 Å². The normalized spacial score (nSPS) is 16.0. The second-order valence-corrected chi connectivity index (χ2v) is 3.96. The molecule has 3 rings (SSSR count). The average Bonchev–Trinajstić information content (AvgIpc) is 2.65. The summed E-state index contributed by atoms with van der Waals surface area (Å²) >= 11 is 0. The lowest BCUT2D eigenvalue weighted by Crippen LogP contribution is -2.10. The summed E-state index contributed by atoms with van der Waals surface area (Å²) in [4.78, 5) is 8.28. The Labute approximate surface area is 92.1 Å². The van der Waals surface area contributed by atoms with Crippen molar-refractivity contribution >= 4 is 0 Å². The Morgan fingerprint density at radius 2 is 2.25 bits per heavy atom. The van der Waals surface area contributed by atoms with Gasteiger partial charge in [-0.2, -0.15) is 4.98 Å². The molecule has 0 atom stereocenters. The molecule has 0 saturated heterocycles. The number of rotatable bonds is 2. The van der Waals surface area contributed by atoms with Gasteiger partial charge in [0.2, 0.25) is 0 Å². The second kappa shape index (κ2) is 3.59. The number of pyridine rings is 1. The standard InChI is InChI=1S/C11H11N3O2/c15-8-5-2-6-12-9(8)11-13-10(14-16-11)7-3-1-4-7/h2,5-7,15H,1,3-4H2. The molecule has 0 spiro atoms. The van der Waals surface area contributed by atoms with Crippen molar-refractivity contribution in [2.24, 2.45) is 0 Å². The van der Waals surface area contributed by atoms with Crippen LogP contribution < -0.4 is 0 Å². The van der Waals surface area contributed by atoms with Crippen molar-refractivity contribution in [3.63, 3.8) is 0 Å². The molecule has 0 aromatic carbocycles. The Morgan fingerprint density at radius 1 is 1.38 bits per heavy atom. The van der Waals surface area contributed by atoms with E-state index >= 15 is 0 Å². The minimum absolute atomic E-state index is 0.0614. The first-order valence-electron chi connectivity index (χ1n) is 5.32. The van der Waals surface area contributed by atoms with E-state index in [2.05, 4.69) is 15.1 Å². The molecule has 0 radical (unpaired) electrons. The monoisotopic (exact) mass is 217 g/mol. The van der Waals surface area contributed by atoms with Gasteiger partial charge in [0.15, 0.2) is 11.5 Å². The van der Waals surface area contributed by atoms with Crippen molar-refractivity contribution < 1.29 is 9.63 Å². The highest BCUT2D eigenvalue weighted by Crippen LogP contribution is 2.35. The van der Waals surface area contributed by atoms with Crippen molar-refractivity contribution in [2.45, 2.75) is 25.2 Å². The van der Waals surface area contributed by atoms with Crippen LogP contribution in [-0.2, 0) is 0 Å². The first-order valence-corrected chi connectivity index (χ1v) is 5.32. The molecular formula is C11H11N3O2. The van der Waals surface area contributed by atoms with Crippen molar-refractivity contribution in [1.29, 1.82) is 0 Å². The highest BCUT2D eigenvalue weighted by Gasteiger charge is 2.25. The Bertz CT molecular complexity index is 505. The van der Waals surface area contributed by atoms with Crippen molar-refractivity contribution in [3.05, 3.63) is 24.2 Å². The number of hydrogen-bond donors (Lipinski definition) is 1. The summed E-state index contributed by atoms with van der Waals surface area (Å²) in [6, 6.07) is 3.21. The van der Waals surface area contributed by atoms with Gasteiger partial charge in [0.1, 0.15) is 5.75 Å². The quantitative estimate of drug-likeness (QED) is 0.833. The summed E-state index contributed by atoms with van der Waals surface area (Å²) in [6.07, 6.45) is 5.05. The second-order valence-electron chi connectivity index (χ2n) is 3.96. The van der Waals surface area contributed by atoms with Crippen molar-refractivity contribution in [3.8, 4) is 17.3 Å². The van der Waals surface area contributed by atoms with E-state index in [0.29, 0.717) is 17.5 Å². The molecule has 5 nitrogen and oxygen atoms in total. The molecule has 0 amide bonds. The predicted octanol–water partition coefficient (Wildman–Crippen LogP) is 2.10. The number of nitrogens with zero attached hydrogens (tertiary/aromatic N) is 3. The van der Waals surface area contributed by atoms with Gasteiger partial charge in [-0.1, -0.05) is 11.6 Å². The van der Waals surface area contributed by atoms with E-state index in [1.807, 2.05) is 0 Å². The SMILES string of the molecule is Oc1cccnc1-c1nc(C2CCC2)no1. The molecule has 1 aliphatic rings. The average molecular weight is 217 g/mol. The molecule has 0 aliphatic heterocycles. The highest BCUT2D eigenvalue weighted by molar-refractivity contribution is 5.55. The lowest BCUT2D eigenvalue weighted by Gasteiger charge is -2.20. The van der Waals surface area contributed by atoms with Gasteiger partial charge >= 0.3 is 0 Å². The Kier molecular flexibility index (Phi) is 2.09. The Morgan fingerprint density at radius 3 is 2.94 bits per heavy atom. The molecule has 0 unspecified atom stereocenters. The van der Waals surface area contributed by atoms with Crippen molar-refractivity contribution in [1.82, 2.24) is 15.1 Å². The van der Waals surface area contributed by atoms with E-state index in [0.717, 1.165) is 18.7 Å². The van der Waals surface area contributed by atoms with E-state index in [4.69, 9.17) is 4.52 Å². The third kappa shape index (κ3) is 1.44. The molecular weight excluding hydrogens is 206 g/mol. The van der Waals surface area contributed by atoms with Gasteiger partial charge in [0.25, 0.3) is 5.89 Å². The summed E-state index contributed by atoms with van der Waals surface area (Å²) < 4.78 is 5.10. The summed E-state index contributed by atoms with van der Waals surface area (Å²) in [6.45, 7) is 0. The first kappa shape index (κ1) is 9.33. The lowest BCUT2D eigenvalue weighted by atomic mass is 9.85. The molecule has 2 aromatic heterocycles. The van der Waals surface area contributed by atoms with Crippen LogP contribution in [0.4, 0.5) is 0 Å². The summed E-state index contributed by atoms with van der Waals surface area (Å²) in [5, 5.41) is 13.5. The van der Waals surface area contributed by atoms with Crippen molar-refractivity contribution in [2.75, 3.05) is 0 Å². The third-order valence-corrected chi connectivity index (χ3v) is 2.90. The molecule has 1 saturated carbocycles. The van der Waals surface area contributed by atoms with E-state index < -0.39 is 0 Å². The third-order valence-electron chi connectivity index (χ3n) is 2.90. The topological polar surface area (TPSA) is 72.0 Å². The maximum absolute atomic E-state index is 9.59. The van der Waals surface area contributed by atoms with E-state index in [9.17, 15) is 5.11 Å². The zero-order chi connectivity index (χ0) is 11.0. The van der Waals surface area contributed by atoms with Gasteiger partial charge < -0.3 is 9.63 Å². The maximum Gasteiger partial charge on any atom is 0.280 e. The highest BCUT2D eigenvalue weighted by atomic mass is 16.5. The molecule has 2 heterocycles. The molecule has 1 N–H and O–H groups in total. The van der Waals surface area contributed by atoms with Crippen LogP contribution in [-0.4, -0.2) is 20.2 Å². The van der Waals surface area contributed by atoms with Crippen LogP contribution in [0.1, 0.15) is 31.0 Å². The first-order chi connectivity index (χ1) is 7.84. The zero-order valence-electron chi connectivity index (χ0n) is 8.63. The van der Waals surface area contributed by atoms with Crippen LogP contribution in [0.2, 0.25) is 0 Å². The van der Waals surface area contributed by atoms with Crippen LogP contribution in [0.25, 0.3) is 11.6 Å². The van der Waals surface area contributed by atoms with Gasteiger partial charge in [-0.25, -0.2) is 4.98 Å². The molecule has 82 valence electrons. The summed E-state index contributed by atoms with van der Waals surface area (Å²) in [5.74, 6) is 1.50. The fourth-order valence-corrected chi connectivity index (χ4v) is 1.72. The Hall–Kier alpha value is -1.91. The van der Waals surface area contributed by atoms with Crippen LogP contribution in [0, 0.1) is 0 Å². The molecule has 1 aliphatic carbocycles. The van der Waals surface area contributed by atoms with Crippen LogP contribution in [0.15, 0.2) is 22.9 Å². The molecule has 0 bridgehead atoms. The van der Waals surface area contributed by atoms with E-state index in [1.165, 1.54) is 6.42 Å². The van der Waals surface area contributed by atoms with Gasteiger partial charge in [0, 0.05) is 12.1 Å². The van der Waals surface area contributed by atoms with Gasteiger partial charge in [-0.3, -0.25) is 0 Å². The molecule has 5 heteroatoms. The van der Waals surface area contributed by atoms with Crippen LogP contribution >= 0.6 is 0 Å². The van der Waals surface area contributed by atoms with Crippen LogP contribution in [0.5, 0.6) is 5.75 Å². The minimum Gasteiger partial charge on any atom is -0.505 e. The van der Waals surface area contributed by atoms with E-state index in [-0.39, 0.29) is 5.75 Å². The lowest BCUT2D eigenvalue weighted by molar-refractivity contribution is 0.365. The summed E-state index contributed by atoms with van der Waals surface area (Å²) in [7, 11) is 0. The molecule has 1 fully saturated rings. The Balaban J connectivity index is 1.95. The maximum atomic E-state index is 9.59. The molecule has 16 heavy (non-hydrogen) atoms. The van der Waals surface area contributed by atoms with Gasteiger partial charge in [0.05, 0.1) is 0 Å². The molecule has 2 aromatic rings. The number of aromatic nitrogens is 3. The number of hydrogen-bond acceptors (Lipinski definition) is 5. The fraction of sp³-hybridized carbons (Fsp3) is 0.364. The zero-order valence-corrected chi connectivity index (χ0v) is 8.63.